The Hall–Kier alpha value is -3.13. The summed E-state index contributed by atoms with van der Waals surface area (Å²) in [5, 5.41) is 4.75. The van der Waals surface area contributed by atoms with Crippen molar-refractivity contribution < 1.29 is 23.5 Å². The van der Waals surface area contributed by atoms with E-state index in [1.807, 2.05) is 0 Å². The van der Waals surface area contributed by atoms with Crippen LogP contribution in [0.25, 0.3) is 0 Å². The molecule has 1 unspecified atom stereocenters. The summed E-state index contributed by atoms with van der Waals surface area (Å²) in [6.07, 6.45) is 0. The van der Waals surface area contributed by atoms with Gasteiger partial charge in [0.15, 0.2) is 5.82 Å². The topological polar surface area (TPSA) is 87.7 Å². The van der Waals surface area contributed by atoms with E-state index in [1.165, 1.54) is 25.3 Å². The Labute approximate surface area is 165 Å². The van der Waals surface area contributed by atoms with Gasteiger partial charge in [-0.1, -0.05) is 29.8 Å². The summed E-state index contributed by atoms with van der Waals surface area (Å²) >= 11 is 5.68. The zero-order valence-electron chi connectivity index (χ0n) is 15.1. The highest BCUT2D eigenvalue weighted by atomic mass is 35.5. The average Bonchev–Trinajstić information content (AvgIpc) is 2.89. The van der Waals surface area contributed by atoms with Crippen molar-refractivity contribution in [1.29, 1.82) is 0 Å². The number of anilines is 1. The molecule has 0 saturated carbocycles. The molecule has 1 saturated heterocycles. The van der Waals surface area contributed by atoms with Crippen molar-refractivity contribution in [2.24, 2.45) is 0 Å². The van der Waals surface area contributed by atoms with Crippen molar-refractivity contribution in [3.05, 3.63) is 58.9 Å². The Bertz CT molecular complexity index is 951. The largest absolute Gasteiger partial charge is 0.497 e. The third-order valence-electron chi connectivity index (χ3n) is 4.47. The predicted molar refractivity (Wildman–Crippen MR) is 101 cm³/mol. The van der Waals surface area contributed by atoms with Crippen LogP contribution in [0.1, 0.15) is 12.5 Å². The van der Waals surface area contributed by atoms with Gasteiger partial charge in [0.1, 0.15) is 17.8 Å². The average molecular weight is 406 g/mol. The maximum atomic E-state index is 13.9. The lowest BCUT2D eigenvalue weighted by Crippen LogP contribution is -2.42. The number of carbonyl (C=O) groups excluding carboxylic acids is 3. The Kier molecular flexibility index (Phi) is 5.24. The highest BCUT2D eigenvalue weighted by Crippen LogP contribution is 2.30. The van der Waals surface area contributed by atoms with Gasteiger partial charge in [-0.3, -0.25) is 14.5 Å². The van der Waals surface area contributed by atoms with Gasteiger partial charge in [0.25, 0.3) is 5.91 Å². The molecule has 0 radical (unpaired) electrons. The van der Waals surface area contributed by atoms with Crippen LogP contribution in [0.5, 0.6) is 5.75 Å². The third kappa shape index (κ3) is 3.50. The summed E-state index contributed by atoms with van der Waals surface area (Å²) in [4.78, 5) is 38.2. The summed E-state index contributed by atoms with van der Waals surface area (Å²) < 4.78 is 19.0. The summed E-state index contributed by atoms with van der Waals surface area (Å²) in [6, 6.07) is 10.1. The highest BCUT2D eigenvalue weighted by molar-refractivity contribution is 6.31. The molecule has 3 rings (SSSR count). The van der Waals surface area contributed by atoms with E-state index >= 15 is 0 Å². The van der Waals surface area contributed by atoms with Crippen LogP contribution in [0, 0.1) is 5.82 Å². The molecule has 1 atom stereocenters. The maximum absolute atomic E-state index is 13.9. The van der Waals surface area contributed by atoms with Gasteiger partial charge in [-0.15, -0.1) is 0 Å². The van der Waals surface area contributed by atoms with Gasteiger partial charge in [-0.05, 0) is 36.8 Å². The van der Waals surface area contributed by atoms with Crippen LogP contribution < -0.4 is 15.4 Å². The number of halogens is 2. The molecular formula is C19H17ClFN3O4. The molecule has 1 fully saturated rings. The van der Waals surface area contributed by atoms with Gasteiger partial charge in [0.05, 0.1) is 17.8 Å². The van der Waals surface area contributed by atoms with E-state index in [1.54, 1.807) is 31.2 Å². The van der Waals surface area contributed by atoms with Crippen LogP contribution in [0.3, 0.4) is 0 Å². The van der Waals surface area contributed by atoms with Crippen molar-refractivity contribution in [2.45, 2.75) is 12.5 Å². The number of ether oxygens (including phenoxy) is 1. The Morgan fingerprint density at radius 2 is 1.93 bits per heavy atom. The van der Waals surface area contributed by atoms with Gasteiger partial charge in [0.2, 0.25) is 5.91 Å². The van der Waals surface area contributed by atoms with Gasteiger partial charge in [0, 0.05) is 0 Å². The van der Waals surface area contributed by atoms with Crippen LogP contribution in [-0.4, -0.2) is 36.4 Å². The van der Waals surface area contributed by atoms with Crippen LogP contribution in [0.2, 0.25) is 5.02 Å². The number of amides is 4. The number of nitrogens with zero attached hydrogens (tertiary/aromatic N) is 1. The van der Waals surface area contributed by atoms with E-state index in [4.69, 9.17) is 16.3 Å². The molecule has 2 aromatic rings. The second kappa shape index (κ2) is 7.47. The van der Waals surface area contributed by atoms with Gasteiger partial charge < -0.3 is 15.4 Å². The van der Waals surface area contributed by atoms with E-state index in [2.05, 4.69) is 10.6 Å². The van der Waals surface area contributed by atoms with E-state index in [9.17, 15) is 18.8 Å². The number of rotatable bonds is 5. The fourth-order valence-electron chi connectivity index (χ4n) is 2.89. The molecule has 2 N–H and O–H groups in total. The zero-order valence-corrected chi connectivity index (χ0v) is 15.8. The molecule has 1 aliphatic rings. The van der Waals surface area contributed by atoms with Gasteiger partial charge in [-0.2, -0.15) is 0 Å². The minimum atomic E-state index is -1.33. The second-order valence-electron chi connectivity index (χ2n) is 6.32. The molecule has 146 valence electrons. The van der Waals surface area contributed by atoms with Gasteiger partial charge in [-0.25, -0.2) is 9.18 Å². The first-order valence-corrected chi connectivity index (χ1v) is 8.66. The Morgan fingerprint density at radius 3 is 2.57 bits per heavy atom. The van der Waals surface area contributed by atoms with Gasteiger partial charge >= 0.3 is 6.03 Å². The summed E-state index contributed by atoms with van der Waals surface area (Å²) in [5.74, 6) is -1.52. The zero-order chi connectivity index (χ0) is 20.5. The molecule has 0 bridgehead atoms. The summed E-state index contributed by atoms with van der Waals surface area (Å²) in [5.41, 5.74) is -0.928. The molecule has 7 nitrogen and oxygen atoms in total. The van der Waals surface area contributed by atoms with E-state index < -0.39 is 35.7 Å². The van der Waals surface area contributed by atoms with Crippen LogP contribution >= 0.6 is 11.6 Å². The first kappa shape index (κ1) is 19.6. The predicted octanol–water partition coefficient (Wildman–Crippen LogP) is 2.89. The maximum Gasteiger partial charge on any atom is 0.325 e. The number of methoxy groups -OCH3 is 1. The van der Waals surface area contributed by atoms with Crippen LogP contribution in [0.4, 0.5) is 14.9 Å². The number of hydrogen-bond donors (Lipinski definition) is 2. The molecule has 2 aromatic carbocycles. The van der Waals surface area contributed by atoms with Crippen molar-refractivity contribution in [3.8, 4) is 5.75 Å². The lowest BCUT2D eigenvalue weighted by molar-refractivity contribution is -0.133. The number of nitrogens with one attached hydrogen (secondary N) is 2. The number of urea groups is 1. The molecule has 0 spiro atoms. The first-order chi connectivity index (χ1) is 13.3. The lowest BCUT2D eigenvalue weighted by Gasteiger charge is -2.22. The number of carbonyl (C=O) groups is 3. The summed E-state index contributed by atoms with van der Waals surface area (Å²) in [6.45, 7) is 0.978. The van der Waals surface area contributed by atoms with E-state index in [-0.39, 0.29) is 10.7 Å². The molecular weight excluding hydrogens is 389 g/mol. The van der Waals surface area contributed by atoms with Crippen molar-refractivity contribution in [3.63, 3.8) is 0 Å². The molecule has 1 aliphatic heterocycles. The molecule has 0 aromatic heterocycles. The molecule has 1 heterocycles. The number of imide groups is 1. The second-order valence-corrected chi connectivity index (χ2v) is 6.73. The number of hydrogen-bond acceptors (Lipinski definition) is 4. The third-order valence-corrected chi connectivity index (χ3v) is 4.76. The minimum absolute atomic E-state index is 0.137. The lowest BCUT2D eigenvalue weighted by atomic mass is 9.92. The van der Waals surface area contributed by atoms with Crippen molar-refractivity contribution in [1.82, 2.24) is 10.2 Å². The van der Waals surface area contributed by atoms with Crippen LogP contribution in [-0.2, 0) is 15.1 Å². The summed E-state index contributed by atoms with van der Waals surface area (Å²) in [7, 11) is 1.52. The van der Waals surface area contributed by atoms with Crippen molar-refractivity contribution >= 4 is 35.1 Å². The molecule has 4 amide bonds. The monoisotopic (exact) mass is 405 g/mol. The Morgan fingerprint density at radius 1 is 1.25 bits per heavy atom. The SMILES string of the molecule is COc1ccc(C2(C)NC(=O)N(CC(=O)Nc3cccc(Cl)c3F)C2=O)cc1. The fraction of sp³-hybridized carbons (Fsp3) is 0.211. The quantitative estimate of drug-likeness (QED) is 0.749. The van der Waals surface area contributed by atoms with Crippen LogP contribution in [0.15, 0.2) is 42.5 Å². The highest BCUT2D eigenvalue weighted by Gasteiger charge is 2.49. The Balaban J connectivity index is 1.76. The van der Waals surface area contributed by atoms with E-state index in [0.29, 0.717) is 11.3 Å². The van der Waals surface area contributed by atoms with Crippen molar-refractivity contribution in [2.75, 3.05) is 19.0 Å². The normalized spacial score (nSPS) is 18.8. The smallest absolute Gasteiger partial charge is 0.325 e. The molecule has 28 heavy (non-hydrogen) atoms. The minimum Gasteiger partial charge on any atom is -0.497 e. The first-order valence-electron chi connectivity index (χ1n) is 8.29. The standard InChI is InChI=1S/C19H17ClFN3O4/c1-19(11-6-8-12(28-2)9-7-11)17(26)24(18(27)23-19)10-15(25)22-14-5-3-4-13(20)16(14)21/h3-9H,10H2,1-2H3,(H,22,25)(H,23,27). The molecule has 0 aliphatic carbocycles. The molecule has 9 heteroatoms. The van der Waals surface area contributed by atoms with E-state index in [0.717, 1.165) is 4.90 Å². The number of benzene rings is 2. The fourth-order valence-corrected chi connectivity index (χ4v) is 3.07.